The molecule has 0 bridgehead atoms. The Bertz CT molecular complexity index is 465. The number of likely N-dealkylation sites (tertiary alicyclic amines) is 1. The Morgan fingerprint density at radius 2 is 2.37 bits per heavy atom. The fourth-order valence-corrected chi connectivity index (χ4v) is 2.74. The Morgan fingerprint density at radius 3 is 3.05 bits per heavy atom. The summed E-state index contributed by atoms with van der Waals surface area (Å²) in [7, 11) is 0. The van der Waals surface area contributed by atoms with Crippen molar-refractivity contribution in [1.82, 2.24) is 9.88 Å². The molecule has 19 heavy (non-hydrogen) atoms. The van der Waals surface area contributed by atoms with Crippen LogP contribution in [0.4, 0.5) is 0 Å². The first-order valence-electron chi connectivity index (χ1n) is 6.74. The van der Waals surface area contributed by atoms with E-state index in [0.29, 0.717) is 17.3 Å². The minimum atomic E-state index is -0.0611. The number of aliphatic hydroxyl groups excluding tert-OH is 1. The van der Waals surface area contributed by atoms with Gasteiger partial charge in [-0.3, -0.25) is 4.79 Å². The van der Waals surface area contributed by atoms with Crippen molar-refractivity contribution in [3.05, 3.63) is 28.5 Å². The van der Waals surface area contributed by atoms with Gasteiger partial charge in [0.05, 0.1) is 12.6 Å². The molecule has 1 unspecified atom stereocenters. The fraction of sp³-hybridized carbons (Fsp3) is 0.571. The molecule has 5 heteroatoms. The SMILES string of the molecule is CCCc1cc(C(=O)N2CCCC2CO)cc(Cl)n1. The largest absolute Gasteiger partial charge is 0.394 e. The van der Waals surface area contributed by atoms with Crippen molar-refractivity contribution in [3.63, 3.8) is 0 Å². The number of amides is 1. The molecular weight excluding hydrogens is 264 g/mol. The van der Waals surface area contributed by atoms with E-state index in [1.807, 2.05) is 6.07 Å². The third-order valence-corrected chi connectivity index (χ3v) is 3.64. The van der Waals surface area contributed by atoms with E-state index in [-0.39, 0.29) is 18.6 Å². The van der Waals surface area contributed by atoms with Crippen LogP contribution in [-0.4, -0.2) is 40.1 Å². The molecule has 2 heterocycles. The van der Waals surface area contributed by atoms with E-state index >= 15 is 0 Å². The van der Waals surface area contributed by atoms with Gasteiger partial charge in [-0.2, -0.15) is 0 Å². The van der Waals surface area contributed by atoms with Gasteiger partial charge in [0.2, 0.25) is 0 Å². The molecule has 0 aliphatic carbocycles. The quantitative estimate of drug-likeness (QED) is 0.862. The lowest BCUT2D eigenvalue weighted by Crippen LogP contribution is -2.37. The monoisotopic (exact) mass is 282 g/mol. The molecular formula is C14H19ClN2O2. The van der Waals surface area contributed by atoms with Gasteiger partial charge in [0.25, 0.3) is 5.91 Å². The van der Waals surface area contributed by atoms with Crippen LogP contribution in [0.5, 0.6) is 0 Å². The van der Waals surface area contributed by atoms with E-state index in [1.54, 1.807) is 11.0 Å². The second-order valence-electron chi connectivity index (χ2n) is 4.90. The molecule has 104 valence electrons. The van der Waals surface area contributed by atoms with Gasteiger partial charge in [0, 0.05) is 17.8 Å². The van der Waals surface area contributed by atoms with Crippen LogP contribution in [0.25, 0.3) is 0 Å². The number of rotatable bonds is 4. The highest BCUT2D eigenvalue weighted by Crippen LogP contribution is 2.21. The standard InChI is InChI=1S/C14H19ClN2O2/c1-2-4-11-7-10(8-13(15)16-11)14(19)17-6-3-5-12(17)9-18/h7-8,12,18H,2-6,9H2,1H3. The third-order valence-electron chi connectivity index (χ3n) is 3.45. The number of nitrogens with zero attached hydrogens (tertiary/aromatic N) is 2. The maximum Gasteiger partial charge on any atom is 0.254 e. The fourth-order valence-electron chi connectivity index (χ4n) is 2.52. The van der Waals surface area contributed by atoms with E-state index in [2.05, 4.69) is 11.9 Å². The number of aryl methyl sites for hydroxylation is 1. The number of pyridine rings is 1. The summed E-state index contributed by atoms with van der Waals surface area (Å²) >= 11 is 5.98. The highest BCUT2D eigenvalue weighted by atomic mass is 35.5. The molecule has 0 radical (unpaired) electrons. The Kier molecular flexibility index (Phi) is 4.77. The number of aromatic nitrogens is 1. The van der Waals surface area contributed by atoms with Crippen LogP contribution < -0.4 is 0 Å². The summed E-state index contributed by atoms with van der Waals surface area (Å²) in [5, 5.41) is 9.65. The van der Waals surface area contributed by atoms with Gasteiger partial charge in [-0.1, -0.05) is 24.9 Å². The first kappa shape index (κ1) is 14.3. The van der Waals surface area contributed by atoms with E-state index in [4.69, 9.17) is 11.6 Å². The molecule has 1 saturated heterocycles. The summed E-state index contributed by atoms with van der Waals surface area (Å²) in [6, 6.07) is 3.36. The highest BCUT2D eigenvalue weighted by molar-refractivity contribution is 6.29. The summed E-state index contributed by atoms with van der Waals surface area (Å²) in [6.45, 7) is 2.78. The van der Waals surface area contributed by atoms with Gasteiger partial charge >= 0.3 is 0 Å². The summed E-state index contributed by atoms with van der Waals surface area (Å²) in [5.74, 6) is -0.0572. The van der Waals surface area contributed by atoms with Gasteiger partial charge in [-0.05, 0) is 31.4 Å². The van der Waals surface area contributed by atoms with Crippen LogP contribution in [0.2, 0.25) is 5.15 Å². The number of hydrogen-bond donors (Lipinski definition) is 1. The number of halogens is 1. The number of aliphatic hydroxyl groups is 1. The third kappa shape index (κ3) is 3.25. The Labute approximate surface area is 118 Å². The van der Waals surface area contributed by atoms with Crippen molar-refractivity contribution < 1.29 is 9.90 Å². The topological polar surface area (TPSA) is 53.4 Å². The molecule has 1 amide bonds. The summed E-state index contributed by atoms with van der Waals surface area (Å²) in [5.41, 5.74) is 1.42. The van der Waals surface area contributed by atoms with Crippen molar-refractivity contribution in [2.75, 3.05) is 13.2 Å². The molecule has 4 nitrogen and oxygen atoms in total. The smallest absolute Gasteiger partial charge is 0.254 e. The van der Waals surface area contributed by atoms with Crippen LogP contribution in [0, 0.1) is 0 Å². The second kappa shape index (κ2) is 6.35. The maximum atomic E-state index is 12.5. The molecule has 1 N–H and O–H groups in total. The van der Waals surface area contributed by atoms with E-state index in [1.165, 1.54) is 0 Å². The molecule has 1 aliphatic rings. The molecule has 1 fully saturated rings. The number of hydrogen-bond acceptors (Lipinski definition) is 3. The van der Waals surface area contributed by atoms with Crippen LogP contribution in [-0.2, 0) is 6.42 Å². The van der Waals surface area contributed by atoms with Crippen LogP contribution in [0.3, 0.4) is 0 Å². The van der Waals surface area contributed by atoms with Crippen molar-refractivity contribution in [2.24, 2.45) is 0 Å². The van der Waals surface area contributed by atoms with Gasteiger partial charge in [0.15, 0.2) is 0 Å². The average molecular weight is 283 g/mol. The Hall–Kier alpha value is -1.13. The average Bonchev–Trinajstić information content (AvgIpc) is 2.85. The lowest BCUT2D eigenvalue weighted by Gasteiger charge is -2.23. The predicted octanol–water partition coefficient (Wildman–Crippen LogP) is 2.28. The zero-order valence-corrected chi connectivity index (χ0v) is 11.9. The number of carbonyl (C=O) groups excluding carboxylic acids is 1. The molecule has 1 atom stereocenters. The van der Waals surface area contributed by atoms with Gasteiger partial charge in [-0.25, -0.2) is 4.98 Å². The summed E-state index contributed by atoms with van der Waals surface area (Å²) in [6.07, 6.45) is 3.58. The number of carbonyl (C=O) groups is 1. The minimum Gasteiger partial charge on any atom is -0.394 e. The molecule has 1 aromatic heterocycles. The van der Waals surface area contributed by atoms with Crippen molar-refractivity contribution >= 4 is 17.5 Å². The van der Waals surface area contributed by atoms with Crippen molar-refractivity contribution in [1.29, 1.82) is 0 Å². The zero-order valence-electron chi connectivity index (χ0n) is 11.1. The Balaban J connectivity index is 2.23. The van der Waals surface area contributed by atoms with E-state index in [9.17, 15) is 9.90 Å². The molecule has 0 saturated carbocycles. The van der Waals surface area contributed by atoms with Crippen LogP contribution >= 0.6 is 11.6 Å². The lowest BCUT2D eigenvalue weighted by molar-refractivity contribution is 0.0677. The van der Waals surface area contributed by atoms with Crippen molar-refractivity contribution in [3.8, 4) is 0 Å². The van der Waals surface area contributed by atoms with Crippen LogP contribution in [0.1, 0.15) is 42.2 Å². The summed E-state index contributed by atoms with van der Waals surface area (Å²) < 4.78 is 0. The van der Waals surface area contributed by atoms with Crippen molar-refractivity contribution in [2.45, 2.75) is 38.6 Å². The normalized spacial score (nSPS) is 18.9. The lowest BCUT2D eigenvalue weighted by atomic mass is 10.1. The Morgan fingerprint density at radius 1 is 1.58 bits per heavy atom. The molecule has 0 aromatic carbocycles. The molecule has 1 aromatic rings. The highest BCUT2D eigenvalue weighted by Gasteiger charge is 2.29. The van der Waals surface area contributed by atoms with Gasteiger partial charge in [0.1, 0.15) is 5.15 Å². The van der Waals surface area contributed by atoms with Crippen LogP contribution in [0.15, 0.2) is 12.1 Å². The second-order valence-corrected chi connectivity index (χ2v) is 5.28. The molecule has 1 aliphatic heterocycles. The van der Waals surface area contributed by atoms with Gasteiger partial charge < -0.3 is 10.0 Å². The van der Waals surface area contributed by atoms with E-state index in [0.717, 1.165) is 31.4 Å². The zero-order chi connectivity index (χ0) is 13.8. The minimum absolute atomic E-state index is 0.0202. The van der Waals surface area contributed by atoms with E-state index < -0.39 is 0 Å². The summed E-state index contributed by atoms with van der Waals surface area (Å²) in [4.78, 5) is 18.4. The maximum absolute atomic E-state index is 12.5. The molecule has 0 spiro atoms. The molecule has 2 rings (SSSR count). The predicted molar refractivity (Wildman–Crippen MR) is 74.4 cm³/mol. The first-order valence-corrected chi connectivity index (χ1v) is 7.11. The van der Waals surface area contributed by atoms with Gasteiger partial charge in [-0.15, -0.1) is 0 Å². The first-order chi connectivity index (χ1) is 9.15.